The van der Waals surface area contributed by atoms with E-state index in [2.05, 4.69) is 31.2 Å². The zero-order valence-corrected chi connectivity index (χ0v) is 16.7. The Morgan fingerprint density at radius 2 is 2.14 bits per heavy atom. The second-order valence-electron chi connectivity index (χ2n) is 5.62. The van der Waals surface area contributed by atoms with E-state index in [9.17, 15) is 13.6 Å². The molecule has 0 fully saturated rings. The average Bonchev–Trinajstić information content (AvgIpc) is 2.73. The standard InChI is InChI=1S/C18H21F2N7OS/c1-22-16(28)10-23-8-13(6-21)26-18-25-9-14(20)17(27-18)24-7-11-5-12(19)3-4-15(11)29-2/h3-6,8-9,21,23H,7,10H2,1-2H3,(H,22,28)(H2,24,25,26,27)/b13-8+,21-6?. The van der Waals surface area contributed by atoms with E-state index in [1.807, 2.05) is 6.26 Å². The maximum absolute atomic E-state index is 14.1. The molecule has 1 aromatic heterocycles. The third-order valence-electron chi connectivity index (χ3n) is 3.64. The van der Waals surface area contributed by atoms with Crippen LogP contribution in [0.1, 0.15) is 5.56 Å². The molecule has 2 rings (SSSR count). The summed E-state index contributed by atoms with van der Waals surface area (Å²) in [5.41, 5.74) is 0.935. The largest absolute Gasteiger partial charge is 0.380 e. The first-order chi connectivity index (χ1) is 14.0. The summed E-state index contributed by atoms with van der Waals surface area (Å²) in [6, 6.07) is 4.41. The molecule has 2 aromatic rings. The summed E-state index contributed by atoms with van der Waals surface area (Å²) in [4.78, 5) is 20.0. The summed E-state index contributed by atoms with van der Waals surface area (Å²) < 4.78 is 27.6. The molecule has 154 valence electrons. The van der Waals surface area contributed by atoms with Gasteiger partial charge in [-0.3, -0.25) is 4.79 Å². The topological polar surface area (TPSA) is 115 Å². The molecule has 1 amide bonds. The van der Waals surface area contributed by atoms with E-state index >= 15 is 0 Å². The Kier molecular flexibility index (Phi) is 8.34. The van der Waals surface area contributed by atoms with Gasteiger partial charge in [-0.05, 0) is 30.0 Å². The van der Waals surface area contributed by atoms with Crippen molar-refractivity contribution >= 4 is 35.6 Å². The van der Waals surface area contributed by atoms with Gasteiger partial charge in [0.15, 0.2) is 11.6 Å². The molecule has 0 bridgehead atoms. The number of anilines is 2. The summed E-state index contributed by atoms with van der Waals surface area (Å²) in [5.74, 6) is -1.29. The molecule has 0 aliphatic heterocycles. The molecule has 1 aromatic carbocycles. The van der Waals surface area contributed by atoms with E-state index in [1.54, 1.807) is 6.07 Å². The predicted molar refractivity (Wildman–Crippen MR) is 110 cm³/mol. The van der Waals surface area contributed by atoms with Crippen LogP contribution in [0.15, 0.2) is 41.2 Å². The van der Waals surface area contributed by atoms with Gasteiger partial charge in [-0.2, -0.15) is 4.98 Å². The van der Waals surface area contributed by atoms with E-state index in [4.69, 9.17) is 5.41 Å². The van der Waals surface area contributed by atoms with Crippen molar-refractivity contribution in [2.45, 2.75) is 11.4 Å². The van der Waals surface area contributed by atoms with Gasteiger partial charge in [-0.25, -0.2) is 13.8 Å². The van der Waals surface area contributed by atoms with E-state index in [-0.39, 0.29) is 42.3 Å². The average molecular weight is 421 g/mol. The summed E-state index contributed by atoms with van der Waals surface area (Å²) in [5, 5.41) is 18.2. The monoisotopic (exact) mass is 421 g/mol. The van der Waals surface area contributed by atoms with Crippen LogP contribution < -0.4 is 21.3 Å². The van der Waals surface area contributed by atoms with Gasteiger partial charge < -0.3 is 26.7 Å². The van der Waals surface area contributed by atoms with Gasteiger partial charge in [0.2, 0.25) is 11.9 Å². The third kappa shape index (κ3) is 6.71. The van der Waals surface area contributed by atoms with Gasteiger partial charge in [0.05, 0.1) is 18.4 Å². The first kappa shape index (κ1) is 22.1. The molecule has 0 saturated carbocycles. The zero-order chi connectivity index (χ0) is 21.2. The van der Waals surface area contributed by atoms with Crippen molar-refractivity contribution in [2.75, 3.05) is 30.5 Å². The third-order valence-corrected chi connectivity index (χ3v) is 4.48. The van der Waals surface area contributed by atoms with Crippen LogP contribution in [0.25, 0.3) is 0 Å². The minimum atomic E-state index is -0.671. The Morgan fingerprint density at radius 3 is 2.83 bits per heavy atom. The molecule has 0 unspecified atom stereocenters. The molecule has 0 radical (unpaired) electrons. The van der Waals surface area contributed by atoms with Crippen molar-refractivity contribution < 1.29 is 13.6 Å². The predicted octanol–water partition coefficient (Wildman–Crippen LogP) is 2.33. The molecule has 0 spiro atoms. The van der Waals surface area contributed by atoms with E-state index in [0.29, 0.717) is 5.56 Å². The minimum Gasteiger partial charge on any atom is -0.380 e. The molecular weight excluding hydrogens is 400 g/mol. The van der Waals surface area contributed by atoms with Gasteiger partial charge >= 0.3 is 0 Å². The minimum absolute atomic E-state index is 0.0258. The number of halogens is 2. The number of carbonyl (C=O) groups is 1. The fourth-order valence-electron chi connectivity index (χ4n) is 2.20. The van der Waals surface area contributed by atoms with Crippen molar-refractivity contribution in [2.24, 2.45) is 0 Å². The smallest absolute Gasteiger partial charge is 0.239 e. The number of hydrogen-bond donors (Lipinski definition) is 5. The fraction of sp³-hybridized carbons (Fsp3) is 0.222. The molecular formula is C18H21F2N7OS. The lowest BCUT2D eigenvalue weighted by molar-refractivity contribution is -0.119. The van der Waals surface area contributed by atoms with Gasteiger partial charge in [-0.15, -0.1) is 11.8 Å². The molecule has 1 heterocycles. The van der Waals surface area contributed by atoms with E-state index in [1.165, 1.54) is 37.1 Å². The first-order valence-corrected chi connectivity index (χ1v) is 9.69. The number of rotatable bonds is 10. The lowest BCUT2D eigenvalue weighted by atomic mass is 10.2. The molecule has 5 N–H and O–H groups in total. The van der Waals surface area contributed by atoms with Gasteiger partial charge in [0, 0.05) is 30.9 Å². The second-order valence-corrected chi connectivity index (χ2v) is 6.47. The van der Waals surface area contributed by atoms with Crippen molar-refractivity contribution in [3.05, 3.63) is 53.5 Å². The van der Waals surface area contributed by atoms with Crippen LogP contribution in [-0.2, 0) is 11.3 Å². The van der Waals surface area contributed by atoms with Gasteiger partial charge in [-0.1, -0.05) is 0 Å². The van der Waals surface area contributed by atoms with Crippen molar-refractivity contribution in [1.82, 2.24) is 20.6 Å². The summed E-state index contributed by atoms with van der Waals surface area (Å²) in [7, 11) is 1.51. The van der Waals surface area contributed by atoms with Crippen molar-refractivity contribution in [3.63, 3.8) is 0 Å². The van der Waals surface area contributed by atoms with Crippen LogP contribution in [0.5, 0.6) is 0 Å². The van der Waals surface area contributed by atoms with E-state index in [0.717, 1.165) is 17.3 Å². The van der Waals surface area contributed by atoms with E-state index < -0.39 is 5.82 Å². The maximum atomic E-state index is 14.1. The molecule has 0 aliphatic rings. The number of nitrogens with zero attached hydrogens (tertiary/aromatic N) is 2. The number of thioether (sulfide) groups is 1. The van der Waals surface area contributed by atoms with Crippen LogP contribution in [0.4, 0.5) is 20.5 Å². The highest BCUT2D eigenvalue weighted by Gasteiger charge is 2.10. The number of allylic oxidation sites excluding steroid dienone is 1. The van der Waals surface area contributed by atoms with Crippen LogP contribution >= 0.6 is 11.8 Å². The molecule has 8 nitrogen and oxygen atoms in total. The number of likely N-dealkylation sites (N-methyl/N-ethyl adjacent to an activating group) is 1. The SMILES string of the molecule is CNC(=O)CN/C=C(\C=N)Nc1ncc(F)c(NCc2cc(F)ccc2SC)n1. The van der Waals surface area contributed by atoms with Crippen LogP contribution in [0.2, 0.25) is 0 Å². The Balaban J connectivity index is 2.09. The normalized spacial score (nSPS) is 11.0. The highest BCUT2D eigenvalue weighted by Crippen LogP contribution is 2.23. The summed E-state index contributed by atoms with van der Waals surface area (Å²) >= 11 is 1.46. The molecule has 11 heteroatoms. The lowest BCUT2D eigenvalue weighted by Crippen LogP contribution is -2.29. The molecule has 0 atom stereocenters. The second kappa shape index (κ2) is 11.0. The highest BCUT2D eigenvalue weighted by atomic mass is 32.2. The number of aromatic nitrogens is 2. The maximum Gasteiger partial charge on any atom is 0.239 e. The number of nitrogens with one attached hydrogen (secondary N) is 5. The number of benzene rings is 1. The van der Waals surface area contributed by atoms with Crippen molar-refractivity contribution in [3.8, 4) is 0 Å². The van der Waals surface area contributed by atoms with Gasteiger partial charge in [0.1, 0.15) is 5.82 Å². The van der Waals surface area contributed by atoms with Crippen molar-refractivity contribution in [1.29, 1.82) is 5.41 Å². The Morgan fingerprint density at radius 1 is 1.34 bits per heavy atom. The Bertz CT molecular complexity index is 908. The van der Waals surface area contributed by atoms with Crippen LogP contribution in [0.3, 0.4) is 0 Å². The highest BCUT2D eigenvalue weighted by molar-refractivity contribution is 7.98. The van der Waals surface area contributed by atoms with Crippen LogP contribution in [0, 0.1) is 17.0 Å². The van der Waals surface area contributed by atoms with Crippen LogP contribution in [-0.4, -0.2) is 41.9 Å². The summed E-state index contributed by atoms with van der Waals surface area (Å²) in [6.45, 7) is 0.195. The number of amides is 1. The number of hydrogen-bond acceptors (Lipinski definition) is 8. The van der Waals surface area contributed by atoms with Gasteiger partial charge in [0.25, 0.3) is 0 Å². The lowest BCUT2D eigenvalue weighted by Gasteiger charge is -2.12. The fourth-order valence-corrected chi connectivity index (χ4v) is 2.80. The first-order valence-electron chi connectivity index (χ1n) is 8.47. The molecule has 0 saturated heterocycles. The Hall–Kier alpha value is -3.21. The quantitative estimate of drug-likeness (QED) is 0.295. The number of carbonyl (C=O) groups excluding carboxylic acids is 1. The summed E-state index contributed by atoms with van der Waals surface area (Å²) in [6.07, 6.45) is 5.25. The molecule has 29 heavy (non-hydrogen) atoms. The molecule has 0 aliphatic carbocycles. The zero-order valence-electron chi connectivity index (χ0n) is 15.8. The Labute approximate surface area is 171 Å².